The van der Waals surface area contributed by atoms with Gasteiger partial charge in [-0.1, -0.05) is 18.2 Å². The van der Waals surface area contributed by atoms with Crippen molar-refractivity contribution in [3.63, 3.8) is 0 Å². The van der Waals surface area contributed by atoms with Crippen molar-refractivity contribution < 1.29 is 9.15 Å². The molecule has 0 N–H and O–H groups in total. The van der Waals surface area contributed by atoms with Crippen LogP contribution in [0.1, 0.15) is 11.1 Å². The Morgan fingerprint density at radius 2 is 1.63 bits per heavy atom. The molecule has 0 unspecified atom stereocenters. The summed E-state index contributed by atoms with van der Waals surface area (Å²) in [5.41, 5.74) is 6.79. The molecule has 3 heteroatoms. The van der Waals surface area contributed by atoms with Crippen LogP contribution in [0, 0.1) is 13.8 Å². The third-order valence-corrected chi connectivity index (χ3v) is 5.08. The van der Waals surface area contributed by atoms with Crippen LogP contribution in [0.2, 0.25) is 0 Å². The largest absolute Gasteiger partial charge is 0.497 e. The lowest BCUT2D eigenvalue weighted by Gasteiger charge is -2.17. The van der Waals surface area contributed by atoms with Crippen molar-refractivity contribution >= 4 is 11.0 Å². The Hall–Kier alpha value is -3.07. The van der Waals surface area contributed by atoms with E-state index < -0.39 is 0 Å². The van der Waals surface area contributed by atoms with Crippen molar-refractivity contribution in [2.45, 2.75) is 13.8 Å². The highest BCUT2D eigenvalue weighted by molar-refractivity contribution is 6.02. The second-order valence-electron chi connectivity index (χ2n) is 7.23. The summed E-state index contributed by atoms with van der Waals surface area (Å²) in [5, 5.41) is 2.25. The average Bonchev–Trinajstić information content (AvgIpc) is 2.65. The Morgan fingerprint density at radius 1 is 0.852 bits per heavy atom. The van der Waals surface area contributed by atoms with Gasteiger partial charge in [-0.15, -0.1) is 0 Å². The molecule has 0 radical (unpaired) electrons. The molecule has 3 nitrogen and oxygen atoms in total. The SMILES string of the molecule is COc1ccc(-c2c3ccc(=[N+](C)C)cc-3oc3cc(C)ccc23)c(C)c1. The van der Waals surface area contributed by atoms with Crippen LogP contribution in [0.25, 0.3) is 33.4 Å². The molecule has 1 aliphatic carbocycles. The van der Waals surface area contributed by atoms with E-state index >= 15 is 0 Å². The predicted octanol–water partition coefficient (Wildman–Crippen LogP) is 4.86. The second kappa shape index (κ2) is 6.58. The van der Waals surface area contributed by atoms with Crippen LogP contribution in [0.4, 0.5) is 0 Å². The van der Waals surface area contributed by atoms with E-state index in [4.69, 9.17) is 9.15 Å². The van der Waals surface area contributed by atoms with Gasteiger partial charge >= 0.3 is 0 Å². The summed E-state index contributed by atoms with van der Waals surface area (Å²) < 4.78 is 13.8. The van der Waals surface area contributed by atoms with Crippen LogP contribution >= 0.6 is 0 Å². The van der Waals surface area contributed by atoms with E-state index in [1.165, 1.54) is 22.3 Å². The number of nitrogens with zero attached hydrogens (tertiary/aromatic N) is 1. The Balaban J connectivity index is 2.15. The minimum absolute atomic E-state index is 0.871. The third kappa shape index (κ3) is 2.99. The molecule has 27 heavy (non-hydrogen) atoms. The van der Waals surface area contributed by atoms with Gasteiger partial charge in [0.25, 0.3) is 0 Å². The van der Waals surface area contributed by atoms with Crippen LogP contribution in [-0.2, 0) is 0 Å². The van der Waals surface area contributed by atoms with Crippen molar-refractivity contribution in [3.8, 4) is 28.2 Å². The van der Waals surface area contributed by atoms with Gasteiger partial charge in [-0.2, -0.15) is 0 Å². The fourth-order valence-electron chi connectivity index (χ4n) is 3.60. The molecule has 0 fully saturated rings. The maximum Gasteiger partial charge on any atom is 0.203 e. The standard InChI is InChI=1S/C24H24NO2/c1-15-6-9-20-22(12-15)27-23-14-17(25(3)4)7-10-21(23)24(20)19-11-8-18(26-5)13-16(19)2/h6-14H,1-5H3/q+1. The fraction of sp³-hybridized carbons (Fsp3) is 0.208. The number of rotatable bonds is 2. The zero-order valence-corrected chi connectivity index (χ0v) is 16.5. The van der Waals surface area contributed by atoms with Gasteiger partial charge in [0.1, 0.15) is 31.2 Å². The van der Waals surface area contributed by atoms with E-state index in [2.05, 4.69) is 67.0 Å². The van der Waals surface area contributed by atoms with Crippen molar-refractivity contribution in [1.82, 2.24) is 4.58 Å². The number of fused-ring (bicyclic) bond motifs is 2. The predicted molar refractivity (Wildman–Crippen MR) is 111 cm³/mol. The van der Waals surface area contributed by atoms with Gasteiger partial charge in [-0.3, -0.25) is 0 Å². The molecule has 2 aromatic rings. The molecule has 0 saturated heterocycles. The molecule has 4 rings (SSSR count). The first kappa shape index (κ1) is 17.3. The lowest BCUT2D eigenvalue weighted by Crippen LogP contribution is -2.21. The van der Waals surface area contributed by atoms with Gasteiger partial charge in [0.15, 0.2) is 0 Å². The topological polar surface area (TPSA) is 25.4 Å². The maximum atomic E-state index is 6.31. The molecule has 0 atom stereocenters. The van der Waals surface area contributed by atoms with E-state index in [0.29, 0.717) is 0 Å². The maximum absolute atomic E-state index is 6.31. The molecule has 0 spiro atoms. The highest BCUT2D eigenvalue weighted by atomic mass is 16.5. The highest BCUT2D eigenvalue weighted by Crippen LogP contribution is 2.41. The molecule has 0 saturated carbocycles. The Kier molecular flexibility index (Phi) is 4.23. The Bertz CT molecular complexity index is 1200. The van der Waals surface area contributed by atoms with Gasteiger partial charge in [0, 0.05) is 22.6 Å². The summed E-state index contributed by atoms with van der Waals surface area (Å²) in [4.78, 5) is 0. The number of ether oxygens (including phenoxy) is 1. The molecule has 0 amide bonds. The lowest BCUT2D eigenvalue weighted by atomic mass is 9.91. The summed E-state index contributed by atoms with van der Waals surface area (Å²) in [6.45, 7) is 4.22. The first-order chi connectivity index (χ1) is 13.0. The van der Waals surface area contributed by atoms with E-state index in [1.807, 2.05) is 20.2 Å². The van der Waals surface area contributed by atoms with Gasteiger partial charge in [0.05, 0.1) is 13.2 Å². The minimum Gasteiger partial charge on any atom is -0.497 e. The van der Waals surface area contributed by atoms with Gasteiger partial charge in [-0.05, 0) is 54.8 Å². The monoisotopic (exact) mass is 358 g/mol. The van der Waals surface area contributed by atoms with Gasteiger partial charge < -0.3 is 9.15 Å². The highest BCUT2D eigenvalue weighted by Gasteiger charge is 2.19. The Morgan fingerprint density at radius 3 is 2.33 bits per heavy atom. The molecule has 2 aromatic carbocycles. The fourth-order valence-corrected chi connectivity index (χ4v) is 3.60. The Labute approximate surface area is 159 Å². The molecule has 2 aliphatic rings. The molecular weight excluding hydrogens is 334 g/mol. The number of hydrogen-bond acceptors (Lipinski definition) is 2. The van der Waals surface area contributed by atoms with Crippen LogP contribution in [0.15, 0.2) is 59.0 Å². The molecule has 1 aliphatic heterocycles. The van der Waals surface area contributed by atoms with E-state index in [1.54, 1.807) is 7.11 Å². The number of hydrogen-bond donors (Lipinski definition) is 0. The first-order valence-electron chi connectivity index (χ1n) is 9.10. The van der Waals surface area contributed by atoms with E-state index in [0.717, 1.165) is 33.4 Å². The second-order valence-corrected chi connectivity index (χ2v) is 7.23. The van der Waals surface area contributed by atoms with Crippen LogP contribution < -0.4 is 14.7 Å². The zero-order chi connectivity index (χ0) is 19.1. The van der Waals surface area contributed by atoms with Crippen molar-refractivity contribution in [3.05, 3.63) is 71.1 Å². The number of aryl methyl sites for hydroxylation is 2. The number of benzene rings is 3. The van der Waals surface area contributed by atoms with Crippen molar-refractivity contribution in [2.75, 3.05) is 21.2 Å². The molecular formula is C24H24NO2+. The molecule has 1 heterocycles. The summed E-state index contributed by atoms with van der Waals surface area (Å²) in [5.74, 6) is 1.76. The summed E-state index contributed by atoms with van der Waals surface area (Å²) in [6, 6.07) is 19.1. The lowest BCUT2D eigenvalue weighted by molar-refractivity contribution is 0.414. The average molecular weight is 358 g/mol. The first-order valence-corrected chi connectivity index (χ1v) is 9.10. The number of methoxy groups -OCH3 is 1. The van der Waals surface area contributed by atoms with Crippen LogP contribution in [-0.4, -0.2) is 21.2 Å². The van der Waals surface area contributed by atoms with Gasteiger partial charge in [-0.25, -0.2) is 4.58 Å². The van der Waals surface area contributed by atoms with Crippen molar-refractivity contribution in [2.24, 2.45) is 0 Å². The third-order valence-electron chi connectivity index (χ3n) is 5.08. The molecule has 0 bridgehead atoms. The normalized spacial score (nSPS) is 11.1. The molecule has 136 valence electrons. The summed E-state index contributed by atoms with van der Waals surface area (Å²) in [7, 11) is 5.79. The zero-order valence-electron chi connectivity index (χ0n) is 16.5. The molecule has 0 aromatic heterocycles. The van der Waals surface area contributed by atoms with E-state index in [-0.39, 0.29) is 0 Å². The van der Waals surface area contributed by atoms with E-state index in [9.17, 15) is 0 Å². The quantitative estimate of drug-likeness (QED) is 0.378. The van der Waals surface area contributed by atoms with Crippen LogP contribution in [0.3, 0.4) is 0 Å². The van der Waals surface area contributed by atoms with Crippen LogP contribution in [0.5, 0.6) is 5.75 Å². The van der Waals surface area contributed by atoms with Crippen molar-refractivity contribution in [1.29, 1.82) is 0 Å². The smallest absolute Gasteiger partial charge is 0.203 e. The summed E-state index contributed by atoms with van der Waals surface area (Å²) in [6.07, 6.45) is 0. The van der Waals surface area contributed by atoms with Gasteiger partial charge in [0.2, 0.25) is 5.36 Å². The summed E-state index contributed by atoms with van der Waals surface area (Å²) >= 11 is 0. The minimum atomic E-state index is 0.871.